The predicted octanol–water partition coefficient (Wildman–Crippen LogP) is 4.28. The molecule has 1 aliphatic carbocycles. The van der Waals surface area contributed by atoms with Crippen LogP contribution in [0.2, 0.25) is 17.6 Å². The summed E-state index contributed by atoms with van der Waals surface area (Å²) in [6, 6.07) is 2.84. The maximum absolute atomic E-state index is 9.60. The van der Waals surface area contributed by atoms with Gasteiger partial charge in [0, 0.05) is 8.80 Å². The van der Waals surface area contributed by atoms with Gasteiger partial charge in [-0.15, -0.1) is 0 Å². The highest BCUT2D eigenvalue weighted by molar-refractivity contribution is 6.60. The van der Waals surface area contributed by atoms with Gasteiger partial charge in [0.05, 0.1) is 6.10 Å². The second-order valence-electron chi connectivity index (χ2n) is 6.46. The van der Waals surface area contributed by atoms with Crippen LogP contribution in [-0.4, -0.2) is 20.0 Å². The third kappa shape index (κ3) is 4.24. The second-order valence-corrected chi connectivity index (χ2v) is 10.1. The summed E-state index contributed by atoms with van der Waals surface area (Å²) in [6.07, 6.45) is 15.6. The topological polar surface area (TPSA) is 20.2 Å². The molecule has 18 heavy (non-hydrogen) atoms. The fourth-order valence-corrected chi connectivity index (χ4v) is 8.02. The van der Waals surface area contributed by atoms with Crippen LogP contribution in [0.5, 0.6) is 0 Å². The first-order valence-corrected chi connectivity index (χ1v) is 10.4. The zero-order valence-corrected chi connectivity index (χ0v) is 13.1. The van der Waals surface area contributed by atoms with E-state index in [-0.39, 0.29) is 6.10 Å². The summed E-state index contributed by atoms with van der Waals surface area (Å²) < 4.78 is 0. The van der Waals surface area contributed by atoms with E-state index in [0.717, 1.165) is 24.3 Å². The molecular weight excluding hydrogens is 236 g/mol. The molecule has 2 heteroatoms. The zero-order valence-electron chi connectivity index (χ0n) is 12.0. The van der Waals surface area contributed by atoms with E-state index in [9.17, 15) is 5.11 Å². The third-order valence-electron chi connectivity index (χ3n) is 5.09. The molecule has 0 amide bonds. The lowest BCUT2D eigenvalue weighted by molar-refractivity contribution is 0.160. The molecule has 1 nitrogen and oxygen atoms in total. The highest BCUT2D eigenvalue weighted by Gasteiger charge is 2.30. The molecule has 0 aromatic carbocycles. The van der Waals surface area contributed by atoms with Crippen molar-refractivity contribution in [2.75, 3.05) is 0 Å². The van der Waals surface area contributed by atoms with Gasteiger partial charge in [-0.1, -0.05) is 50.4 Å². The van der Waals surface area contributed by atoms with E-state index in [4.69, 9.17) is 0 Å². The Morgan fingerprint density at radius 1 is 1.06 bits per heavy atom. The molecule has 0 spiro atoms. The molecule has 1 N–H and O–H groups in total. The Bertz CT molecular complexity index is 248. The minimum Gasteiger partial charge on any atom is -0.393 e. The summed E-state index contributed by atoms with van der Waals surface area (Å²) in [4.78, 5) is 0. The number of rotatable bonds is 4. The van der Waals surface area contributed by atoms with E-state index in [1.165, 1.54) is 50.6 Å². The predicted molar refractivity (Wildman–Crippen MR) is 81.8 cm³/mol. The molecule has 0 aromatic heterocycles. The molecule has 0 atom stereocenters. The van der Waals surface area contributed by atoms with Crippen molar-refractivity contribution in [3.63, 3.8) is 0 Å². The van der Waals surface area contributed by atoms with Gasteiger partial charge < -0.3 is 5.11 Å². The summed E-state index contributed by atoms with van der Waals surface area (Å²) in [5.41, 5.74) is 1.10. The van der Waals surface area contributed by atoms with Crippen molar-refractivity contribution in [2.24, 2.45) is 5.92 Å². The zero-order chi connectivity index (χ0) is 12.8. The molecule has 2 rings (SSSR count). The molecule has 1 saturated carbocycles. The Morgan fingerprint density at radius 2 is 1.72 bits per heavy atom. The largest absolute Gasteiger partial charge is 0.393 e. The van der Waals surface area contributed by atoms with Gasteiger partial charge in [-0.25, -0.2) is 0 Å². The standard InChI is InChI=1S/C16H30OSi/c1-2-3-4-5-14-6-8-16(9-7-14)18-12-10-15(17)11-13-18/h4-5,14-18H,2-3,6-13H2,1H3. The average molecular weight is 267 g/mol. The van der Waals surface area contributed by atoms with Crippen molar-refractivity contribution >= 4 is 8.80 Å². The molecular formula is C16H30OSi. The monoisotopic (exact) mass is 266 g/mol. The minimum absolute atomic E-state index is 0.0436. The number of unbranched alkanes of at least 4 members (excludes halogenated alkanes) is 1. The third-order valence-corrected chi connectivity index (χ3v) is 9.24. The number of aliphatic hydroxyl groups is 1. The molecule has 2 aliphatic rings. The number of hydrogen-bond donors (Lipinski definition) is 1. The van der Waals surface area contributed by atoms with Crippen molar-refractivity contribution in [2.45, 2.75) is 82.0 Å². The number of allylic oxidation sites excluding steroid dienone is 2. The molecule has 1 saturated heterocycles. The smallest absolute Gasteiger partial charge is 0.0534 e. The van der Waals surface area contributed by atoms with Gasteiger partial charge in [-0.2, -0.15) is 0 Å². The Labute approximate surface area is 114 Å². The van der Waals surface area contributed by atoms with Crippen LogP contribution < -0.4 is 0 Å². The Kier molecular flexibility index (Phi) is 5.96. The van der Waals surface area contributed by atoms with Crippen molar-refractivity contribution in [3.05, 3.63) is 12.2 Å². The summed E-state index contributed by atoms with van der Waals surface area (Å²) in [7, 11) is -0.491. The molecule has 0 unspecified atom stereocenters. The van der Waals surface area contributed by atoms with Gasteiger partial charge in [0.25, 0.3) is 0 Å². The minimum atomic E-state index is -0.491. The lowest BCUT2D eigenvalue weighted by Gasteiger charge is -2.35. The highest BCUT2D eigenvalue weighted by atomic mass is 28.3. The lowest BCUT2D eigenvalue weighted by Crippen LogP contribution is -2.30. The van der Waals surface area contributed by atoms with Gasteiger partial charge in [0.1, 0.15) is 0 Å². The van der Waals surface area contributed by atoms with Crippen molar-refractivity contribution in [3.8, 4) is 0 Å². The maximum Gasteiger partial charge on any atom is 0.0534 e. The van der Waals surface area contributed by atoms with E-state index in [0.29, 0.717) is 0 Å². The Hall–Kier alpha value is -0.0831. The van der Waals surface area contributed by atoms with Gasteiger partial charge in [0.15, 0.2) is 0 Å². The first-order chi connectivity index (χ1) is 8.79. The van der Waals surface area contributed by atoms with Crippen LogP contribution in [0, 0.1) is 5.92 Å². The lowest BCUT2D eigenvalue weighted by atomic mass is 9.88. The van der Waals surface area contributed by atoms with Crippen LogP contribution in [0.25, 0.3) is 0 Å². The number of aliphatic hydroxyl groups excluding tert-OH is 1. The summed E-state index contributed by atoms with van der Waals surface area (Å²) in [6.45, 7) is 2.25. The maximum atomic E-state index is 9.60. The van der Waals surface area contributed by atoms with E-state index < -0.39 is 8.80 Å². The van der Waals surface area contributed by atoms with Gasteiger partial charge in [0.2, 0.25) is 0 Å². The Morgan fingerprint density at radius 3 is 2.33 bits per heavy atom. The molecule has 1 aliphatic heterocycles. The van der Waals surface area contributed by atoms with Crippen molar-refractivity contribution in [1.82, 2.24) is 0 Å². The van der Waals surface area contributed by atoms with Crippen LogP contribution in [0.4, 0.5) is 0 Å². The quantitative estimate of drug-likeness (QED) is 0.594. The van der Waals surface area contributed by atoms with Crippen LogP contribution in [0.15, 0.2) is 12.2 Å². The van der Waals surface area contributed by atoms with E-state index in [2.05, 4.69) is 19.1 Å². The van der Waals surface area contributed by atoms with E-state index >= 15 is 0 Å². The van der Waals surface area contributed by atoms with E-state index in [1.807, 2.05) is 0 Å². The number of hydrogen-bond acceptors (Lipinski definition) is 1. The normalized spacial score (nSPS) is 38.1. The molecule has 2 fully saturated rings. The highest BCUT2D eigenvalue weighted by Crippen LogP contribution is 2.40. The molecule has 0 bridgehead atoms. The first-order valence-electron chi connectivity index (χ1n) is 8.14. The summed E-state index contributed by atoms with van der Waals surface area (Å²) in [5.74, 6) is 0.885. The molecule has 0 aromatic rings. The SMILES string of the molecule is CCCC=CC1CCC([SiH]2CCC(O)CC2)CC1. The van der Waals surface area contributed by atoms with Gasteiger partial charge in [-0.05, 0) is 43.6 Å². The van der Waals surface area contributed by atoms with Crippen molar-refractivity contribution in [1.29, 1.82) is 0 Å². The van der Waals surface area contributed by atoms with Crippen LogP contribution in [-0.2, 0) is 0 Å². The Balaban J connectivity index is 1.70. The van der Waals surface area contributed by atoms with Crippen LogP contribution in [0.3, 0.4) is 0 Å². The molecule has 0 radical (unpaired) electrons. The molecule has 104 valence electrons. The fourth-order valence-electron chi connectivity index (χ4n) is 3.84. The van der Waals surface area contributed by atoms with Crippen LogP contribution >= 0.6 is 0 Å². The fraction of sp³-hybridized carbons (Fsp3) is 0.875. The van der Waals surface area contributed by atoms with Crippen LogP contribution in [0.1, 0.15) is 58.3 Å². The summed E-state index contributed by atoms with van der Waals surface area (Å²) in [5, 5.41) is 9.60. The first kappa shape index (κ1) is 14.3. The van der Waals surface area contributed by atoms with Gasteiger partial charge in [-0.3, -0.25) is 0 Å². The van der Waals surface area contributed by atoms with Gasteiger partial charge >= 0.3 is 0 Å². The second kappa shape index (κ2) is 7.49. The van der Waals surface area contributed by atoms with E-state index in [1.54, 1.807) is 0 Å². The van der Waals surface area contributed by atoms with Crippen molar-refractivity contribution < 1.29 is 5.11 Å². The molecule has 1 heterocycles. The average Bonchev–Trinajstić information content (AvgIpc) is 2.41. The summed E-state index contributed by atoms with van der Waals surface area (Å²) >= 11 is 0.